The zero-order chi connectivity index (χ0) is 27.0. The molecule has 0 spiro atoms. The first kappa shape index (κ1) is 35.7. The Bertz CT molecular complexity index is 521. The van der Waals surface area contributed by atoms with E-state index >= 15 is 0 Å². The summed E-state index contributed by atoms with van der Waals surface area (Å²) in [6.07, 6.45) is 3.64. The van der Waals surface area contributed by atoms with Crippen molar-refractivity contribution >= 4 is 11.9 Å². The number of nitrogens with one attached hydrogen (secondary N) is 3. The molecule has 11 nitrogen and oxygen atoms in total. The molecular formula is C22H50F2N8O3. The number of carbonyl (C=O) groups excluding carboxylic acids is 1. The Morgan fingerprint density at radius 3 is 1.77 bits per heavy atom. The zero-order valence-corrected chi connectivity index (χ0v) is 21.1. The van der Waals surface area contributed by atoms with Gasteiger partial charge in [-0.05, 0) is 97.2 Å². The minimum Gasteiger partial charge on any atom is -0.480 e. The van der Waals surface area contributed by atoms with E-state index in [1.165, 1.54) is 6.42 Å². The third-order valence-corrected chi connectivity index (χ3v) is 5.23. The number of rotatable bonds is 22. The molecule has 35 heavy (non-hydrogen) atoms. The number of unbranched alkanes of at least 4 members (excludes halogenated alkanes) is 2. The number of carboxylic acids is 1. The number of carboxylic acid groups (broad SMARTS) is 1. The van der Waals surface area contributed by atoms with Gasteiger partial charge in [-0.1, -0.05) is 6.42 Å². The van der Waals surface area contributed by atoms with Crippen LogP contribution in [-0.4, -0.2) is 87.3 Å². The summed E-state index contributed by atoms with van der Waals surface area (Å²) in [5.41, 5.74) is 24.2. The first-order chi connectivity index (χ1) is 16.7. The molecule has 0 saturated heterocycles. The molecule has 1 amide bonds. The lowest BCUT2D eigenvalue weighted by molar-refractivity contribution is -0.150. The lowest BCUT2D eigenvalue weighted by Gasteiger charge is -2.22. The number of amides is 1. The maximum atomic E-state index is 12.1. The molecule has 0 aliphatic carbocycles. The lowest BCUT2D eigenvalue weighted by atomic mass is 9.95. The molecular weight excluding hydrogens is 462 g/mol. The summed E-state index contributed by atoms with van der Waals surface area (Å²) in [7, 11) is 0. The summed E-state index contributed by atoms with van der Waals surface area (Å²) >= 11 is 0. The van der Waals surface area contributed by atoms with Gasteiger partial charge in [0, 0.05) is 6.54 Å². The van der Waals surface area contributed by atoms with Crippen molar-refractivity contribution in [2.45, 2.75) is 75.8 Å². The number of carbonyl (C=O) groups is 2. The Morgan fingerprint density at radius 2 is 1.29 bits per heavy atom. The van der Waals surface area contributed by atoms with Crippen LogP contribution in [0.4, 0.5) is 8.78 Å². The Balaban J connectivity index is 0. The van der Waals surface area contributed by atoms with Gasteiger partial charge in [-0.2, -0.15) is 0 Å². The highest BCUT2D eigenvalue weighted by atomic mass is 19.3. The van der Waals surface area contributed by atoms with Crippen LogP contribution in [0.15, 0.2) is 0 Å². The average molecular weight is 513 g/mol. The van der Waals surface area contributed by atoms with E-state index in [0.717, 1.165) is 64.8 Å². The van der Waals surface area contributed by atoms with Crippen molar-refractivity contribution in [1.29, 1.82) is 0 Å². The SMILES string of the molecule is NCCCC[C@H](N)C(=O)NCCCNCCCCNCCCN.NCCC[C@](N)(C(=O)O)C(F)F. The highest BCUT2D eigenvalue weighted by Gasteiger charge is 2.42. The largest absolute Gasteiger partial charge is 0.480 e. The average Bonchev–Trinajstić information content (AvgIpc) is 2.83. The zero-order valence-electron chi connectivity index (χ0n) is 21.1. The van der Waals surface area contributed by atoms with Crippen LogP contribution in [0.25, 0.3) is 0 Å². The normalized spacial score (nSPS) is 13.6. The molecule has 0 aliphatic heterocycles. The maximum Gasteiger partial charge on any atom is 0.329 e. The highest BCUT2D eigenvalue weighted by Crippen LogP contribution is 2.18. The molecule has 0 heterocycles. The van der Waals surface area contributed by atoms with Crippen LogP contribution in [0.5, 0.6) is 0 Å². The summed E-state index contributed by atoms with van der Waals surface area (Å²) in [5, 5.41) is 18.0. The summed E-state index contributed by atoms with van der Waals surface area (Å²) in [4.78, 5) is 22.0. The van der Waals surface area contributed by atoms with Gasteiger partial charge >= 0.3 is 5.97 Å². The van der Waals surface area contributed by atoms with Crippen molar-refractivity contribution in [2.24, 2.45) is 28.7 Å². The van der Waals surface area contributed by atoms with Crippen LogP contribution in [0.3, 0.4) is 0 Å². The minimum atomic E-state index is -3.07. The van der Waals surface area contributed by atoms with E-state index in [1.807, 2.05) is 0 Å². The number of halogens is 2. The van der Waals surface area contributed by atoms with Gasteiger partial charge in [0.05, 0.1) is 6.04 Å². The fraction of sp³-hybridized carbons (Fsp3) is 0.909. The van der Waals surface area contributed by atoms with Crippen molar-refractivity contribution in [3.05, 3.63) is 0 Å². The van der Waals surface area contributed by atoms with E-state index in [1.54, 1.807) is 0 Å². The van der Waals surface area contributed by atoms with Crippen molar-refractivity contribution in [3.8, 4) is 0 Å². The number of alkyl halides is 2. The molecule has 0 aromatic heterocycles. The molecule has 0 aromatic carbocycles. The quantitative estimate of drug-likeness (QED) is 0.0807. The van der Waals surface area contributed by atoms with Gasteiger partial charge in [-0.15, -0.1) is 0 Å². The Labute approximate surface area is 208 Å². The van der Waals surface area contributed by atoms with Crippen LogP contribution in [0.1, 0.15) is 57.8 Å². The van der Waals surface area contributed by atoms with E-state index in [2.05, 4.69) is 16.0 Å². The molecule has 0 unspecified atom stereocenters. The van der Waals surface area contributed by atoms with Gasteiger partial charge in [0.2, 0.25) is 5.91 Å². The van der Waals surface area contributed by atoms with Crippen molar-refractivity contribution in [1.82, 2.24) is 16.0 Å². The Morgan fingerprint density at radius 1 is 0.771 bits per heavy atom. The van der Waals surface area contributed by atoms with Gasteiger partial charge in [0.25, 0.3) is 6.43 Å². The molecule has 210 valence electrons. The van der Waals surface area contributed by atoms with Gasteiger partial charge in [-0.25, -0.2) is 13.6 Å². The maximum absolute atomic E-state index is 12.1. The summed E-state index contributed by atoms with van der Waals surface area (Å²) in [6, 6.07) is -0.402. The van der Waals surface area contributed by atoms with E-state index < -0.39 is 24.0 Å². The predicted octanol–water partition coefficient (Wildman–Crippen LogP) is -0.970. The summed E-state index contributed by atoms with van der Waals surface area (Å²) < 4.78 is 24.2. The topological polar surface area (TPSA) is 221 Å². The van der Waals surface area contributed by atoms with Crippen molar-refractivity contribution in [3.63, 3.8) is 0 Å². The van der Waals surface area contributed by atoms with Gasteiger partial charge in [-0.3, -0.25) is 4.79 Å². The summed E-state index contributed by atoms with van der Waals surface area (Å²) in [5.74, 6) is -1.74. The molecule has 2 atom stereocenters. The molecule has 0 rings (SSSR count). The first-order valence-corrected chi connectivity index (χ1v) is 12.5. The fourth-order valence-electron chi connectivity index (χ4n) is 2.88. The number of aliphatic carboxylic acids is 1. The van der Waals surface area contributed by atoms with Crippen molar-refractivity contribution < 1.29 is 23.5 Å². The second-order valence-electron chi connectivity index (χ2n) is 8.42. The van der Waals surface area contributed by atoms with Gasteiger partial charge in [0.1, 0.15) is 0 Å². The van der Waals surface area contributed by atoms with E-state index in [4.69, 9.17) is 33.8 Å². The molecule has 14 N–H and O–H groups in total. The van der Waals surface area contributed by atoms with E-state index in [9.17, 15) is 18.4 Å². The molecule has 0 aliphatic rings. The van der Waals surface area contributed by atoms with Crippen LogP contribution in [-0.2, 0) is 9.59 Å². The van der Waals surface area contributed by atoms with Gasteiger partial charge < -0.3 is 49.7 Å². The van der Waals surface area contributed by atoms with Crippen molar-refractivity contribution in [2.75, 3.05) is 52.4 Å². The monoisotopic (exact) mass is 512 g/mol. The number of hydrogen-bond donors (Lipinski definition) is 9. The van der Waals surface area contributed by atoms with Gasteiger partial charge in [0.15, 0.2) is 5.54 Å². The lowest BCUT2D eigenvalue weighted by Crippen LogP contribution is -2.54. The number of hydrogen-bond acceptors (Lipinski definition) is 9. The third kappa shape index (κ3) is 20.4. The Kier molecular flexibility index (Phi) is 24.7. The standard InChI is InChI=1S/C16H38N6O.C6H12F2N2O2/c17-8-2-1-7-15(19)16(23)22-14-6-13-21-11-4-3-10-20-12-5-9-18;7-4(8)6(10,5(11)12)2-1-3-9/h15,20-21H,1-14,17-19H2,(H,22,23);4H,1-3,9-10H2,(H,11,12)/t15-;6-/m01/s1. The molecule has 0 saturated carbocycles. The van der Waals surface area contributed by atoms with E-state index in [0.29, 0.717) is 19.5 Å². The fourth-order valence-corrected chi connectivity index (χ4v) is 2.88. The molecule has 0 bridgehead atoms. The number of nitrogens with two attached hydrogens (primary N) is 5. The van der Waals surface area contributed by atoms with Crippen LogP contribution >= 0.6 is 0 Å². The third-order valence-electron chi connectivity index (χ3n) is 5.23. The molecule has 0 radical (unpaired) electrons. The Hall–Kier alpha value is -1.48. The molecule has 0 aromatic rings. The smallest absolute Gasteiger partial charge is 0.329 e. The van der Waals surface area contributed by atoms with Crippen LogP contribution in [0, 0.1) is 0 Å². The van der Waals surface area contributed by atoms with Crippen LogP contribution in [0.2, 0.25) is 0 Å². The predicted molar refractivity (Wildman–Crippen MR) is 136 cm³/mol. The molecule has 13 heteroatoms. The second kappa shape index (κ2) is 24.2. The van der Waals surface area contributed by atoms with Crippen LogP contribution < -0.4 is 44.6 Å². The second-order valence-corrected chi connectivity index (χ2v) is 8.42. The minimum absolute atomic E-state index is 0.0504. The highest BCUT2D eigenvalue weighted by molar-refractivity contribution is 5.81. The molecule has 0 fully saturated rings. The van der Waals surface area contributed by atoms with E-state index in [-0.39, 0.29) is 25.3 Å². The summed E-state index contributed by atoms with van der Waals surface area (Å²) in [6.45, 7) is 6.25. The first-order valence-electron chi connectivity index (χ1n) is 12.5.